The maximum Gasteiger partial charge on any atom is 0.227 e. The molecule has 1 amide bonds. The van der Waals surface area contributed by atoms with E-state index >= 15 is 0 Å². The van der Waals surface area contributed by atoms with Crippen LogP contribution < -0.4 is 10.2 Å². The van der Waals surface area contributed by atoms with Gasteiger partial charge in [0.2, 0.25) is 5.91 Å². The molecule has 0 bridgehead atoms. The van der Waals surface area contributed by atoms with Crippen molar-refractivity contribution in [2.45, 2.75) is 42.2 Å². The van der Waals surface area contributed by atoms with E-state index in [9.17, 15) is 13.2 Å². The Hall–Kier alpha value is -1.40. The van der Waals surface area contributed by atoms with Gasteiger partial charge in [-0.2, -0.15) is 0 Å². The molecule has 0 unspecified atom stereocenters. The molecule has 6 heteroatoms. The van der Waals surface area contributed by atoms with E-state index in [1.807, 2.05) is 4.90 Å². The Balaban J connectivity index is 1.55. The van der Waals surface area contributed by atoms with Crippen LogP contribution in [0.2, 0.25) is 0 Å². The first kappa shape index (κ1) is 15.1. The van der Waals surface area contributed by atoms with Crippen molar-refractivity contribution in [2.75, 3.05) is 24.5 Å². The van der Waals surface area contributed by atoms with Gasteiger partial charge in [-0.1, -0.05) is 0 Å². The zero-order valence-corrected chi connectivity index (χ0v) is 13.9. The number of sulfone groups is 1. The monoisotopic (exact) mass is 334 g/mol. The van der Waals surface area contributed by atoms with Crippen molar-refractivity contribution in [3.8, 4) is 0 Å². The van der Waals surface area contributed by atoms with Crippen LogP contribution in [0.5, 0.6) is 0 Å². The number of rotatable bonds is 3. The van der Waals surface area contributed by atoms with Crippen molar-refractivity contribution >= 4 is 21.4 Å². The van der Waals surface area contributed by atoms with Gasteiger partial charge in [0.15, 0.2) is 9.84 Å². The van der Waals surface area contributed by atoms with Crippen molar-refractivity contribution in [3.63, 3.8) is 0 Å². The maximum absolute atomic E-state index is 12.4. The second-order valence-electron chi connectivity index (χ2n) is 7.14. The summed E-state index contributed by atoms with van der Waals surface area (Å²) in [6.07, 6.45) is 4.21. The molecular weight excluding hydrogens is 312 g/mol. The van der Waals surface area contributed by atoms with Gasteiger partial charge >= 0.3 is 0 Å². The van der Waals surface area contributed by atoms with Crippen LogP contribution in [0.1, 0.15) is 32.1 Å². The summed E-state index contributed by atoms with van der Waals surface area (Å²) >= 11 is 0. The summed E-state index contributed by atoms with van der Waals surface area (Å²) in [6.45, 7) is 2.70. The van der Waals surface area contributed by atoms with Crippen LogP contribution in [0, 0.1) is 5.41 Å². The fraction of sp³-hybridized carbons (Fsp3) is 0.588. The van der Waals surface area contributed by atoms with Crippen molar-refractivity contribution in [1.82, 2.24) is 5.32 Å². The Kier molecular flexibility index (Phi) is 3.50. The summed E-state index contributed by atoms with van der Waals surface area (Å²) in [7, 11) is -3.16. The van der Waals surface area contributed by atoms with Crippen molar-refractivity contribution < 1.29 is 13.2 Å². The summed E-state index contributed by atoms with van der Waals surface area (Å²) in [5.41, 5.74) is 0.918. The number of hydrogen-bond donors (Lipinski definition) is 1. The topological polar surface area (TPSA) is 66.5 Å². The maximum atomic E-state index is 12.4. The number of carbonyl (C=O) groups is 1. The predicted octanol–water partition coefficient (Wildman–Crippen LogP) is 1.73. The third-order valence-corrected chi connectivity index (χ3v) is 7.70. The number of nitrogens with one attached hydrogen (secondary N) is 1. The molecule has 1 aromatic rings. The minimum absolute atomic E-state index is 0.0983. The third-order valence-electron chi connectivity index (χ3n) is 5.43. The van der Waals surface area contributed by atoms with Gasteiger partial charge in [-0.25, -0.2) is 8.42 Å². The van der Waals surface area contributed by atoms with Crippen LogP contribution in [0.4, 0.5) is 5.69 Å². The van der Waals surface area contributed by atoms with E-state index in [2.05, 4.69) is 5.32 Å². The van der Waals surface area contributed by atoms with Crippen LogP contribution in [-0.4, -0.2) is 39.2 Å². The molecule has 4 rings (SSSR count). The van der Waals surface area contributed by atoms with Gasteiger partial charge in [0.05, 0.1) is 10.1 Å². The molecule has 5 nitrogen and oxygen atoms in total. The molecule has 1 spiro atoms. The highest BCUT2D eigenvalue weighted by Gasteiger charge is 2.44. The molecule has 23 heavy (non-hydrogen) atoms. The second kappa shape index (κ2) is 5.31. The van der Waals surface area contributed by atoms with Crippen LogP contribution in [-0.2, 0) is 14.6 Å². The highest BCUT2D eigenvalue weighted by Crippen LogP contribution is 2.41. The molecule has 0 aromatic heterocycles. The quantitative estimate of drug-likeness (QED) is 0.914. The number of nitrogens with zero attached hydrogens (tertiary/aromatic N) is 1. The number of anilines is 1. The van der Waals surface area contributed by atoms with E-state index in [4.69, 9.17) is 0 Å². The summed E-state index contributed by atoms with van der Waals surface area (Å²) in [6, 6.07) is 6.88. The number of piperidine rings is 1. The molecule has 2 aliphatic heterocycles. The molecule has 0 atom stereocenters. The van der Waals surface area contributed by atoms with Crippen molar-refractivity contribution in [3.05, 3.63) is 24.3 Å². The highest BCUT2D eigenvalue weighted by atomic mass is 32.2. The van der Waals surface area contributed by atoms with E-state index < -0.39 is 9.84 Å². The first-order chi connectivity index (χ1) is 11.0. The molecule has 3 aliphatic rings. The van der Waals surface area contributed by atoms with Gasteiger partial charge < -0.3 is 10.2 Å². The minimum Gasteiger partial charge on any atom is -0.317 e. The van der Waals surface area contributed by atoms with E-state index in [-0.39, 0.29) is 16.6 Å². The van der Waals surface area contributed by atoms with E-state index in [0.29, 0.717) is 11.3 Å². The van der Waals surface area contributed by atoms with Gasteiger partial charge in [-0.05, 0) is 68.5 Å². The number of amides is 1. The fourth-order valence-electron chi connectivity index (χ4n) is 3.81. The zero-order chi connectivity index (χ0) is 16.1. The Morgan fingerprint density at radius 2 is 1.74 bits per heavy atom. The predicted molar refractivity (Wildman–Crippen MR) is 88.2 cm³/mol. The van der Waals surface area contributed by atoms with E-state index in [1.54, 1.807) is 24.3 Å². The van der Waals surface area contributed by atoms with Crippen LogP contribution in [0.15, 0.2) is 29.2 Å². The molecule has 2 saturated heterocycles. The van der Waals surface area contributed by atoms with Gasteiger partial charge in [-0.15, -0.1) is 0 Å². The lowest BCUT2D eigenvalue weighted by atomic mass is 9.78. The lowest BCUT2D eigenvalue weighted by Crippen LogP contribution is -2.38. The summed E-state index contributed by atoms with van der Waals surface area (Å²) in [4.78, 5) is 14.6. The Morgan fingerprint density at radius 3 is 2.35 bits per heavy atom. The molecule has 3 fully saturated rings. The standard InChI is InChI=1S/C17H22N2O3S/c20-16-11-17(7-9-18-10-8-17)12-19(16)13-1-3-14(4-2-13)23(21,22)15-5-6-15/h1-4,15,18H,5-12H2. The summed E-state index contributed by atoms with van der Waals surface area (Å²) in [5, 5.41) is 3.15. The Morgan fingerprint density at radius 1 is 1.09 bits per heavy atom. The SMILES string of the molecule is O=C1CC2(CCNCC2)CN1c1ccc(S(=O)(=O)C2CC2)cc1. The normalized spacial score (nSPS) is 24.3. The van der Waals surface area contributed by atoms with Crippen LogP contribution in [0.3, 0.4) is 0 Å². The first-order valence-electron chi connectivity index (χ1n) is 8.35. The molecule has 1 saturated carbocycles. The van der Waals surface area contributed by atoms with Gasteiger partial charge in [0, 0.05) is 18.7 Å². The van der Waals surface area contributed by atoms with E-state index in [1.165, 1.54) is 0 Å². The molecular formula is C17H22N2O3S. The van der Waals surface area contributed by atoms with Crippen LogP contribution >= 0.6 is 0 Å². The van der Waals surface area contributed by atoms with Gasteiger partial charge in [0.1, 0.15) is 0 Å². The van der Waals surface area contributed by atoms with Gasteiger partial charge in [-0.3, -0.25) is 4.79 Å². The summed E-state index contributed by atoms with van der Waals surface area (Å²) in [5.74, 6) is 0.157. The molecule has 124 valence electrons. The zero-order valence-electron chi connectivity index (χ0n) is 13.1. The van der Waals surface area contributed by atoms with Crippen molar-refractivity contribution in [2.24, 2.45) is 5.41 Å². The molecule has 1 N–H and O–H groups in total. The molecule has 2 heterocycles. The minimum atomic E-state index is -3.16. The largest absolute Gasteiger partial charge is 0.317 e. The average molecular weight is 334 g/mol. The second-order valence-corrected chi connectivity index (χ2v) is 9.37. The average Bonchev–Trinajstić information content (AvgIpc) is 3.35. The third kappa shape index (κ3) is 2.68. The Labute approximate surface area is 137 Å². The fourth-order valence-corrected chi connectivity index (χ4v) is 5.47. The van der Waals surface area contributed by atoms with Gasteiger partial charge in [0.25, 0.3) is 0 Å². The Bertz CT molecular complexity index is 717. The van der Waals surface area contributed by atoms with Crippen molar-refractivity contribution in [1.29, 1.82) is 0 Å². The first-order valence-corrected chi connectivity index (χ1v) is 9.90. The molecule has 0 radical (unpaired) electrons. The number of benzene rings is 1. The highest BCUT2D eigenvalue weighted by molar-refractivity contribution is 7.92. The smallest absolute Gasteiger partial charge is 0.227 e. The van der Waals surface area contributed by atoms with Crippen LogP contribution in [0.25, 0.3) is 0 Å². The number of hydrogen-bond acceptors (Lipinski definition) is 4. The lowest BCUT2D eigenvalue weighted by Gasteiger charge is -2.33. The molecule has 1 aliphatic carbocycles. The van der Waals surface area contributed by atoms with E-state index in [0.717, 1.165) is 51.0 Å². The number of carbonyl (C=O) groups excluding carboxylic acids is 1. The summed E-state index contributed by atoms with van der Waals surface area (Å²) < 4.78 is 24.5. The lowest BCUT2D eigenvalue weighted by molar-refractivity contribution is -0.117. The molecule has 1 aromatic carbocycles.